The quantitative estimate of drug-likeness (QED) is 0.722. The molecule has 0 aliphatic carbocycles. The van der Waals surface area contributed by atoms with E-state index in [0.29, 0.717) is 5.76 Å². The first-order valence-electron chi connectivity index (χ1n) is 4.63. The lowest BCUT2D eigenvalue weighted by molar-refractivity contribution is 0.0692. The molecule has 0 fully saturated rings. The number of hydrogen-bond donors (Lipinski definition) is 3. The molecular formula is C8H8N4O5S. The third-order valence-corrected chi connectivity index (χ3v) is 3.30. The van der Waals surface area contributed by atoms with Crippen molar-refractivity contribution in [3.05, 3.63) is 23.6 Å². The number of carboxylic acid groups (broad SMARTS) is 1. The second-order valence-corrected chi connectivity index (χ2v) is 4.97. The molecule has 96 valence electrons. The maximum atomic E-state index is 11.9. The predicted octanol–water partition coefficient (Wildman–Crippen LogP) is 0.205. The molecule has 0 saturated carbocycles. The molecule has 0 aliphatic rings. The van der Waals surface area contributed by atoms with E-state index in [4.69, 9.17) is 5.11 Å². The van der Waals surface area contributed by atoms with Crippen LogP contribution in [0.15, 0.2) is 21.8 Å². The van der Waals surface area contributed by atoms with Gasteiger partial charge in [-0.15, -0.1) is 0 Å². The van der Waals surface area contributed by atoms with Gasteiger partial charge in [0, 0.05) is 6.07 Å². The Labute approximate surface area is 101 Å². The van der Waals surface area contributed by atoms with Crippen LogP contribution in [0.5, 0.6) is 0 Å². The molecule has 10 heteroatoms. The predicted molar refractivity (Wildman–Crippen MR) is 57.6 cm³/mol. The molecule has 0 aromatic carbocycles. The second-order valence-electron chi connectivity index (χ2n) is 3.35. The van der Waals surface area contributed by atoms with Gasteiger partial charge in [-0.1, -0.05) is 5.16 Å². The van der Waals surface area contributed by atoms with Crippen molar-refractivity contribution >= 4 is 21.8 Å². The fourth-order valence-corrected chi connectivity index (χ4v) is 2.31. The minimum Gasteiger partial charge on any atom is -0.478 e. The number of aryl methyl sites for hydroxylation is 1. The van der Waals surface area contributed by atoms with Gasteiger partial charge in [0.05, 0.1) is 6.20 Å². The molecule has 0 radical (unpaired) electrons. The number of nitrogens with zero attached hydrogens (tertiary/aromatic N) is 2. The smallest absolute Gasteiger partial charge is 0.340 e. The number of aromatic carboxylic acids is 1. The highest BCUT2D eigenvalue weighted by Crippen LogP contribution is 2.17. The van der Waals surface area contributed by atoms with Gasteiger partial charge >= 0.3 is 5.97 Å². The van der Waals surface area contributed by atoms with Gasteiger partial charge in [-0.25, -0.2) is 4.79 Å². The van der Waals surface area contributed by atoms with Crippen molar-refractivity contribution in [1.29, 1.82) is 0 Å². The van der Waals surface area contributed by atoms with Gasteiger partial charge in [0.25, 0.3) is 10.0 Å². The summed E-state index contributed by atoms with van der Waals surface area (Å²) in [6, 6.07) is 1.36. The monoisotopic (exact) mass is 272 g/mol. The summed E-state index contributed by atoms with van der Waals surface area (Å²) in [7, 11) is -4.10. The molecule has 0 bridgehead atoms. The molecule has 0 spiro atoms. The van der Waals surface area contributed by atoms with Crippen LogP contribution < -0.4 is 4.72 Å². The third kappa shape index (κ3) is 2.18. The van der Waals surface area contributed by atoms with Crippen molar-refractivity contribution in [2.24, 2.45) is 0 Å². The minimum absolute atomic E-state index is 0.0431. The fourth-order valence-electron chi connectivity index (χ4n) is 1.23. The number of aromatic nitrogens is 3. The van der Waals surface area contributed by atoms with E-state index < -0.39 is 26.6 Å². The summed E-state index contributed by atoms with van der Waals surface area (Å²) in [4.78, 5) is 10.8. The number of hydrogen-bond acceptors (Lipinski definition) is 6. The second kappa shape index (κ2) is 4.14. The van der Waals surface area contributed by atoms with Gasteiger partial charge in [-0.05, 0) is 6.92 Å². The summed E-state index contributed by atoms with van der Waals surface area (Å²) in [5, 5.41) is 17.2. The molecule has 18 heavy (non-hydrogen) atoms. The van der Waals surface area contributed by atoms with Gasteiger partial charge in [0.2, 0.25) is 0 Å². The molecule has 0 atom stereocenters. The first-order valence-corrected chi connectivity index (χ1v) is 6.11. The average molecular weight is 272 g/mol. The zero-order valence-corrected chi connectivity index (χ0v) is 9.85. The largest absolute Gasteiger partial charge is 0.478 e. The van der Waals surface area contributed by atoms with Crippen molar-refractivity contribution in [3.63, 3.8) is 0 Å². The lowest BCUT2D eigenvalue weighted by Gasteiger charge is -2.02. The number of H-pyrrole nitrogens is 1. The summed E-state index contributed by atoms with van der Waals surface area (Å²) in [5.74, 6) is -1.03. The Morgan fingerprint density at radius 1 is 1.56 bits per heavy atom. The van der Waals surface area contributed by atoms with Gasteiger partial charge in [0.1, 0.15) is 11.3 Å². The van der Waals surface area contributed by atoms with Crippen LogP contribution >= 0.6 is 0 Å². The molecule has 0 amide bonds. The molecule has 9 nitrogen and oxygen atoms in total. The van der Waals surface area contributed by atoms with E-state index in [1.807, 2.05) is 0 Å². The van der Waals surface area contributed by atoms with Crippen molar-refractivity contribution in [1.82, 2.24) is 15.4 Å². The number of aromatic amines is 1. The number of rotatable bonds is 4. The molecule has 0 aliphatic heterocycles. The number of sulfonamides is 1. The Bertz CT molecular complexity index is 686. The highest BCUT2D eigenvalue weighted by molar-refractivity contribution is 7.92. The number of nitrogens with one attached hydrogen (secondary N) is 2. The van der Waals surface area contributed by atoms with Crippen molar-refractivity contribution in [2.75, 3.05) is 4.72 Å². The Hall–Kier alpha value is -2.36. The first-order chi connectivity index (χ1) is 8.40. The van der Waals surface area contributed by atoms with Crippen molar-refractivity contribution in [3.8, 4) is 0 Å². The van der Waals surface area contributed by atoms with E-state index in [1.165, 1.54) is 6.07 Å². The van der Waals surface area contributed by atoms with E-state index in [2.05, 4.69) is 24.6 Å². The number of carboxylic acids is 1. The summed E-state index contributed by atoms with van der Waals surface area (Å²) in [6.07, 6.45) is 0.908. The standard InChI is InChI=1S/C8H8N4O5S/c1-4-2-6(11-17-4)12-18(15,16)7-5(8(13)14)3-9-10-7/h2-3H,1H3,(H,9,10)(H,11,12)(H,13,14). The molecule has 3 N–H and O–H groups in total. The Kier molecular flexibility index (Phi) is 2.79. The lowest BCUT2D eigenvalue weighted by atomic mass is 10.4. The topological polar surface area (TPSA) is 138 Å². The van der Waals surface area contributed by atoms with Crippen LogP contribution in [0, 0.1) is 6.92 Å². The van der Waals surface area contributed by atoms with Crippen LogP contribution in [-0.2, 0) is 10.0 Å². The zero-order valence-electron chi connectivity index (χ0n) is 9.04. The highest BCUT2D eigenvalue weighted by atomic mass is 32.2. The van der Waals surface area contributed by atoms with E-state index in [1.54, 1.807) is 6.92 Å². The fraction of sp³-hybridized carbons (Fsp3) is 0.125. The third-order valence-electron chi connectivity index (χ3n) is 1.97. The van der Waals surface area contributed by atoms with Crippen LogP contribution in [0.1, 0.15) is 16.1 Å². The SMILES string of the molecule is Cc1cc(NS(=O)(=O)c2[nH]ncc2C(=O)O)no1. The maximum absolute atomic E-state index is 11.9. The van der Waals surface area contributed by atoms with Gasteiger partial charge in [0.15, 0.2) is 10.8 Å². The maximum Gasteiger partial charge on any atom is 0.340 e. The van der Waals surface area contributed by atoms with Gasteiger partial charge in [-0.2, -0.15) is 13.5 Å². The molecule has 0 unspecified atom stereocenters. The van der Waals surface area contributed by atoms with Gasteiger partial charge < -0.3 is 9.63 Å². The molecule has 2 heterocycles. The molecular weight excluding hydrogens is 264 g/mol. The van der Waals surface area contributed by atoms with E-state index in [9.17, 15) is 13.2 Å². The van der Waals surface area contributed by atoms with Crippen LogP contribution in [-0.4, -0.2) is 34.8 Å². The normalized spacial score (nSPS) is 11.4. The highest BCUT2D eigenvalue weighted by Gasteiger charge is 2.25. The van der Waals surface area contributed by atoms with E-state index in [0.717, 1.165) is 6.20 Å². The Morgan fingerprint density at radius 2 is 2.28 bits per heavy atom. The number of carbonyl (C=O) groups is 1. The van der Waals surface area contributed by atoms with E-state index >= 15 is 0 Å². The van der Waals surface area contributed by atoms with E-state index in [-0.39, 0.29) is 5.82 Å². The summed E-state index contributed by atoms with van der Waals surface area (Å²) >= 11 is 0. The minimum atomic E-state index is -4.10. The molecule has 2 aromatic heterocycles. The van der Waals surface area contributed by atoms with Crippen LogP contribution in [0.4, 0.5) is 5.82 Å². The molecule has 0 saturated heterocycles. The summed E-state index contributed by atoms with van der Waals surface area (Å²) < 4.78 is 30.5. The van der Waals surface area contributed by atoms with Crippen LogP contribution in [0.3, 0.4) is 0 Å². The van der Waals surface area contributed by atoms with Crippen LogP contribution in [0.25, 0.3) is 0 Å². The Morgan fingerprint density at radius 3 is 2.83 bits per heavy atom. The van der Waals surface area contributed by atoms with Gasteiger partial charge in [-0.3, -0.25) is 9.82 Å². The average Bonchev–Trinajstić information content (AvgIpc) is 2.86. The summed E-state index contributed by atoms with van der Waals surface area (Å²) in [5.41, 5.74) is -0.456. The van der Waals surface area contributed by atoms with Crippen molar-refractivity contribution < 1.29 is 22.8 Å². The lowest BCUT2D eigenvalue weighted by Crippen LogP contribution is -2.16. The van der Waals surface area contributed by atoms with Crippen LogP contribution in [0.2, 0.25) is 0 Å². The zero-order chi connectivity index (χ0) is 13.3. The Balaban J connectivity index is 2.37. The first kappa shape index (κ1) is 12.1. The molecule has 2 aromatic rings. The van der Waals surface area contributed by atoms with Crippen molar-refractivity contribution in [2.45, 2.75) is 11.9 Å². The molecule has 2 rings (SSSR count). The summed E-state index contributed by atoms with van der Waals surface area (Å²) in [6.45, 7) is 1.59. The number of anilines is 1.